The van der Waals surface area contributed by atoms with E-state index in [0.29, 0.717) is 35.9 Å². The van der Waals surface area contributed by atoms with E-state index in [1.807, 2.05) is 12.1 Å². The van der Waals surface area contributed by atoms with Gasteiger partial charge in [0.2, 0.25) is 5.88 Å². The Morgan fingerprint density at radius 3 is 2.84 bits per heavy atom. The topological polar surface area (TPSA) is 118 Å². The summed E-state index contributed by atoms with van der Waals surface area (Å²) in [4.78, 5) is 8.57. The molecule has 3 heterocycles. The molecule has 0 aliphatic carbocycles. The van der Waals surface area contributed by atoms with Crippen molar-refractivity contribution < 1.29 is 14.3 Å². The summed E-state index contributed by atoms with van der Waals surface area (Å²) in [5.41, 5.74) is 8.12. The van der Waals surface area contributed by atoms with Crippen molar-refractivity contribution in [2.75, 3.05) is 18.9 Å². The summed E-state index contributed by atoms with van der Waals surface area (Å²) in [6.45, 7) is 0.459. The monoisotopic (exact) mass is 336 g/mol. The largest absolute Gasteiger partial charge is 0.478 e. The number of ether oxygens (including phenoxy) is 1. The zero-order chi connectivity index (χ0) is 17.6. The van der Waals surface area contributed by atoms with Crippen LogP contribution in [0.15, 0.2) is 47.2 Å². The van der Waals surface area contributed by atoms with Gasteiger partial charge in [-0.1, -0.05) is 0 Å². The first-order chi connectivity index (χ1) is 12.2. The van der Waals surface area contributed by atoms with E-state index in [1.165, 1.54) is 0 Å². The van der Waals surface area contributed by atoms with Crippen molar-refractivity contribution in [2.24, 2.45) is 0 Å². The van der Waals surface area contributed by atoms with Crippen molar-refractivity contribution in [3.8, 4) is 34.5 Å². The smallest absolute Gasteiger partial charge is 0.213 e. The van der Waals surface area contributed by atoms with Crippen LogP contribution in [0.5, 0.6) is 5.88 Å². The minimum Gasteiger partial charge on any atom is -0.478 e. The maximum Gasteiger partial charge on any atom is 0.213 e. The van der Waals surface area contributed by atoms with Gasteiger partial charge in [-0.2, -0.15) is 5.26 Å². The molecule has 126 valence electrons. The predicted molar refractivity (Wildman–Crippen MR) is 91.5 cm³/mol. The molecule has 0 fully saturated rings. The van der Waals surface area contributed by atoms with Gasteiger partial charge in [-0.15, -0.1) is 0 Å². The van der Waals surface area contributed by atoms with Crippen LogP contribution in [0.2, 0.25) is 0 Å². The van der Waals surface area contributed by atoms with Crippen LogP contribution in [-0.4, -0.2) is 28.3 Å². The number of furan rings is 1. The van der Waals surface area contributed by atoms with E-state index in [-0.39, 0.29) is 18.0 Å². The fourth-order valence-electron chi connectivity index (χ4n) is 2.30. The van der Waals surface area contributed by atoms with Gasteiger partial charge in [0.05, 0.1) is 18.4 Å². The molecule has 7 heteroatoms. The van der Waals surface area contributed by atoms with Crippen molar-refractivity contribution >= 4 is 5.82 Å². The van der Waals surface area contributed by atoms with Gasteiger partial charge in [0.15, 0.2) is 5.76 Å². The molecule has 3 N–H and O–H groups in total. The highest BCUT2D eigenvalue weighted by Gasteiger charge is 2.16. The average molecular weight is 336 g/mol. The first-order valence-electron chi connectivity index (χ1n) is 7.67. The summed E-state index contributed by atoms with van der Waals surface area (Å²) < 4.78 is 10.9. The Morgan fingerprint density at radius 1 is 1.32 bits per heavy atom. The summed E-state index contributed by atoms with van der Waals surface area (Å²) in [5.74, 6) is 1.16. The number of anilines is 1. The zero-order valence-electron chi connectivity index (χ0n) is 13.3. The Bertz CT molecular complexity index is 884. The van der Waals surface area contributed by atoms with E-state index in [4.69, 9.17) is 20.0 Å². The van der Waals surface area contributed by atoms with Gasteiger partial charge in [0.1, 0.15) is 17.6 Å². The number of pyridine rings is 2. The third kappa shape index (κ3) is 3.59. The highest BCUT2D eigenvalue weighted by atomic mass is 16.5. The molecule has 0 aliphatic heterocycles. The van der Waals surface area contributed by atoms with E-state index in [0.717, 1.165) is 5.56 Å². The fraction of sp³-hybridized carbons (Fsp3) is 0.167. The molecule has 0 saturated carbocycles. The van der Waals surface area contributed by atoms with Gasteiger partial charge in [-0.3, -0.25) is 0 Å². The quantitative estimate of drug-likeness (QED) is 0.664. The molecule has 0 radical (unpaired) electrons. The third-order valence-electron chi connectivity index (χ3n) is 3.53. The first kappa shape index (κ1) is 16.5. The minimum absolute atomic E-state index is 0.0681. The van der Waals surface area contributed by atoms with Crippen LogP contribution < -0.4 is 10.5 Å². The number of nitriles is 1. The van der Waals surface area contributed by atoms with Gasteiger partial charge in [0, 0.05) is 36.4 Å². The lowest BCUT2D eigenvalue weighted by Crippen LogP contribution is -2.01. The summed E-state index contributed by atoms with van der Waals surface area (Å²) in [6, 6.07) is 10.8. The van der Waals surface area contributed by atoms with Crippen LogP contribution in [0, 0.1) is 11.3 Å². The highest BCUT2D eigenvalue weighted by molar-refractivity contribution is 5.81. The highest BCUT2D eigenvalue weighted by Crippen LogP contribution is 2.33. The molecular weight excluding hydrogens is 320 g/mol. The lowest BCUT2D eigenvalue weighted by Gasteiger charge is -2.10. The van der Waals surface area contributed by atoms with Gasteiger partial charge in [-0.25, -0.2) is 9.97 Å². The second-order valence-electron chi connectivity index (χ2n) is 5.22. The number of aromatic nitrogens is 2. The fourth-order valence-corrected chi connectivity index (χ4v) is 2.30. The standard InChI is InChI=1S/C18H16N4O3/c19-10-13-9-14(17(22-18(13)20)15-3-1-7-24-15)12-4-5-16(21-11-12)25-8-2-6-23/h1,3-5,7,9,11,23H,2,6,8H2,(H2,20,22). The molecule has 3 aromatic rings. The van der Waals surface area contributed by atoms with Crippen LogP contribution in [0.1, 0.15) is 12.0 Å². The number of rotatable bonds is 6. The Hall–Kier alpha value is -3.37. The van der Waals surface area contributed by atoms with E-state index in [9.17, 15) is 5.26 Å². The summed E-state index contributed by atoms with van der Waals surface area (Å²) in [7, 11) is 0. The molecule has 0 aliphatic rings. The van der Waals surface area contributed by atoms with Gasteiger partial charge < -0.3 is 20.0 Å². The molecule has 0 saturated heterocycles. The SMILES string of the molecule is N#Cc1cc(-c2ccc(OCCCO)nc2)c(-c2ccco2)nc1N. The molecule has 0 amide bonds. The average Bonchev–Trinajstić information content (AvgIpc) is 3.17. The third-order valence-corrected chi connectivity index (χ3v) is 3.53. The second kappa shape index (κ2) is 7.47. The van der Waals surface area contributed by atoms with Crippen LogP contribution in [0.4, 0.5) is 5.82 Å². The summed E-state index contributed by atoms with van der Waals surface area (Å²) in [5, 5.41) is 18.0. The van der Waals surface area contributed by atoms with Crippen LogP contribution >= 0.6 is 0 Å². The first-order valence-corrected chi connectivity index (χ1v) is 7.67. The maximum atomic E-state index is 9.23. The molecule has 25 heavy (non-hydrogen) atoms. The molecule has 3 aromatic heterocycles. The Balaban J connectivity index is 1.99. The normalized spacial score (nSPS) is 10.4. The number of aliphatic hydroxyl groups excluding tert-OH is 1. The molecule has 0 atom stereocenters. The van der Waals surface area contributed by atoms with E-state index >= 15 is 0 Å². The number of nitrogen functional groups attached to an aromatic ring is 1. The maximum absolute atomic E-state index is 9.23. The number of hydrogen-bond donors (Lipinski definition) is 2. The molecule has 3 rings (SSSR count). The van der Waals surface area contributed by atoms with Gasteiger partial charge in [-0.05, 0) is 24.3 Å². The number of nitrogens with zero attached hydrogens (tertiary/aromatic N) is 3. The molecule has 0 bridgehead atoms. The summed E-state index contributed by atoms with van der Waals surface area (Å²) >= 11 is 0. The predicted octanol–water partition coefficient (Wildman–Crippen LogP) is 2.62. The van der Waals surface area contributed by atoms with E-state index in [2.05, 4.69) is 9.97 Å². The van der Waals surface area contributed by atoms with Crippen molar-refractivity contribution in [2.45, 2.75) is 6.42 Å². The molecular formula is C18H16N4O3. The van der Waals surface area contributed by atoms with Crippen molar-refractivity contribution in [1.29, 1.82) is 5.26 Å². The van der Waals surface area contributed by atoms with Gasteiger partial charge in [0.25, 0.3) is 0 Å². The van der Waals surface area contributed by atoms with E-state index < -0.39 is 0 Å². The number of hydrogen-bond acceptors (Lipinski definition) is 7. The number of nitrogens with two attached hydrogens (primary N) is 1. The lowest BCUT2D eigenvalue weighted by molar-refractivity contribution is 0.229. The Labute approximate surface area is 144 Å². The second-order valence-corrected chi connectivity index (χ2v) is 5.22. The van der Waals surface area contributed by atoms with Crippen molar-refractivity contribution in [1.82, 2.24) is 9.97 Å². The Morgan fingerprint density at radius 2 is 2.20 bits per heavy atom. The van der Waals surface area contributed by atoms with Gasteiger partial charge >= 0.3 is 0 Å². The minimum atomic E-state index is 0.0681. The molecule has 0 aromatic carbocycles. The van der Waals surface area contributed by atoms with Crippen molar-refractivity contribution in [3.63, 3.8) is 0 Å². The lowest BCUT2D eigenvalue weighted by atomic mass is 10.0. The number of aliphatic hydroxyl groups is 1. The van der Waals surface area contributed by atoms with E-state index in [1.54, 1.807) is 36.7 Å². The Kier molecular flexibility index (Phi) is 4.92. The molecule has 0 spiro atoms. The van der Waals surface area contributed by atoms with Crippen LogP contribution in [0.25, 0.3) is 22.6 Å². The summed E-state index contributed by atoms with van der Waals surface area (Å²) in [6.07, 6.45) is 3.72. The molecule has 0 unspecified atom stereocenters. The van der Waals surface area contributed by atoms with Crippen molar-refractivity contribution in [3.05, 3.63) is 48.4 Å². The van der Waals surface area contributed by atoms with Crippen LogP contribution in [-0.2, 0) is 0 Å². The van der Waals surface area contributed by atoms with Crippen LogP contribution in [0.3, 0.4) is 0 Å². The molecule has 7 nitrogen and oxygen atoms in total. The zero-order valence-corrected chi connectivity index (χ0v) is 13.3.